The number of nitrogens with one attached hydrogen (secondary N) is 2. The van der Waals surface area contributed by atoms with E-state index in [4.69, 9.17) is 9.47 Å². The second kappa shape index (κ2) is 15.0. The van der Waals surface area contributed by atoms with Crippen molar-refractivity contribution in [3.63, 3.8) is 0 Å². The number of aryl methyl sites for hydroxylation is 1. The number of hydrogen-bond donors (Lipinski definition) is 2. The molecule has 11 nitrogen and oxygen atoms in total. The van der Waals surface area contributed by atoms with Crippen LogP contribution in [0.2, 0.25) is 0 Å². The summed E-state index contributed by atoms with van der Waals surface area (Å²) in [7, 11) is 0. The van der Waals surface area contributed by atoms with Gasteiger partial charge in [-0.1, -0.05) is 50.2 Å². The van der Waals surface area contributed by atoms with E-state index >= 15 is 0 Å². The minimum Gasteiger partial charge on any atom is -0.377 e. The van der Waals surface area contributed by atoms with Crippen LogP contribution in [0.15, 0.2) is 35.0 Å². The zero-order valence-electron chi connectivity index (χ0n) is 23.6. The summed E-state index contributed by atoms with van der Waals surface area (Å²) >= 11 is 1.59. The normalized spacial score (nSPS) is 16.0. The van der Waals surface area contributed by atoms with Gasteiger partial charge in [0.1, 0.15) is 25.2 Å². The Morgan fingerprint density at radius 3 is 2.52 bits per heavy atom. The van der Waals surface area contributed by atoms with E-state index < -0.39 is 23.4 Å². The number of aromatic nitrogens is 1. The maximum Gasteiger partial charge on any atom is 0.246 e. The summed E-state index contributed by atoms with van der Waals surface area (Å²) < 4.78 is 10.5. The Morgan fingerprint density at radius 1 is 1.15 bits per heavy atom. The van der Waals surface area contributed by atoms with Gasteiger partial charge in [0.15, 0.2) is 0 Å². The van der Waals surface area contributed by atoms with E-state index in [0.29, 0.717) is 25.9 Å². The number of carbonyl (C=O) groups excluding carboxylic acids is 3. The molecule has 0 spiro atoms. The molecular weight excluding hydrogens is 534 g/mol. The van der Waals surface area contributed by atoms with Crippen LogP contribution in [0, 0.1) is 17.2 Å². The van der Waals surface area contributed by atoms with Gasteiger partial charge in [0.25, 0.3) is 0 Å². The highest BCUT2D eigenvalue weighted by molar-refractivity contribution is 7.13. The molecule has 218 valence electrons. The topological polar surface area (TPSA) is 139 Å². The Labute approximate surface area is 239 Å². The third kappa shape index (κ3) is 8.90. The average molecular weight is 574 g/mol. The summed E-state index contributed by atoms with van der Waals surface area (Å²) in [5.74, 6) is -0.923. The van der Waals surface area contributed by atoms with Crippen LogP contribution < -0.4 is 10.6 Å². The van der Waals surface area contributed by atoms with E-state index in [1.165, 1.54) is 0 Å². The molecule has 2 heterocycles. The molecule has 1 aromatic heterocycles. The van der Waals surface area contributed by atoms with Crippen molar-refractivity contribution in [2.24, 2.45) is 10.6 Å². The van der Waals surface area contributed by atoms with Crippen LogP contribution in [-0.4, -0.2) is 79.2 Å². The Kier molecular flexibility index (Phi) is 11.7. The number of likely N-dealkylation sites (tertiary alicyclic amines) is 1. The van der Waals surface area contributed by atoms with Crippen molar-refractivity contribution >= 4 is 29.1 Å². The van der Waals surface area contributed by atoms with Gasteiger partial charge in [0, 0.05) is 13.1 Å². The van der Waals surface area contributed by atoms with Gasteiger partial charge in [-0.2, -0.15) is 4.91 Å². The predicted octanol–water partition coefficient (Wildman–Crippen LogP) is 3.06. The molecule has 2 aromatic rings. The van der Waals surface area contributed by atoms with Gasteiger partial charge >= 0.3 is 0 Å². The van der Waals surface area contributed by atoms with Crippen LogP contribution in [0.3, 0.4) is 0 Å². The molecule has 2 atom stereocenters. The van der Waals surface area contributed by atoms with Gasteiger partial charge in [-0.3, -0.25) is 14.4 Å². The highest BCUT2D eigenvalue weighted by Crippen LogP contribution is 2.28. The lowest BCUT2D eigenvalue weighted by molar-refractivity contribution is -0.144. The lowest BCUT2D eigenvalue weighted by Gasteiger charge is -2.35. The Balaban J connectivity index is 1.53. The first kappa shape index (κ1) is 31.3. The summed E-state index contributed by atoms with van der Waals surface area (Å²) in [6.07, 6.45) is 1.27. The first-order chi connectivity index (χ1) is 19.1. The van der Waals surface area contributed by atoms with Crippen LogP contribution >= 0.6 is 11.3 Å². The van der Waals surface area contributed by atoms with Crippen LogP contribution in [0.5, 0.6) is 0 Å². The highest BCUT2D eigenvalue weighted by Gasteiger charge is 2.41. The SMILES string of the molecule is Cc1ncsc1-c1ccc(CNC(=O)C2CCCN2C(=O)C(NC(=O)COCCOCCN=O)C(C)(C)C)cc1. The summed E-state index contributed by atoms with van der Waals surface area (Å²) in [6.45, 7) is 8.81. The summed E-state index contributed by atoms with van der Waals surface area (Å²) in [5, 5.41) is 8.47. The monoisotopic (exact) mass is 573 g/mol. The molecule has 40 heavy (non-hydrogen) atoms. The molecule has 1 aliphatic heterocycles. The van der Waals surface area contributed by atoms with Crippen molar-refractivity contribution in [1.29, 1.82) is 0 Å². The standard InChI is InChI=1S/C28H39N5O6S/c1-19-24(40-18-30-19)21-9-7-20(8-10-21)16-29-26(35)22-6-5-12-33(22)27(36)25(28(2,3)4)32-23(34)17-39-15-14-38-13-11-31-37/h7-10,18,22,25H,5-6,11-17H2,1-4H3,(H,29,35)(H,32,34). The quantitative estimate of drug-likeness (QED) is 0.262. The number of amides is 3. The summed E-state index contributed by atoms with van der Waals surface area (Å²) in [5.41, 5.74) is 4.28. The van der Waals surface area contributed by atoms with E-state index in [1.807, 2.05) is 57.5 Å². The van der Waals surface area contributed by atoms with Gasteiger partial charge in [0.2, 0.25) is 17.7 Å². The first-order valence-corrected chi connectivity index (χ1v) is 14.3. The van der Waals surface area contributed by atoms with Gasteiger partial charge in [0.05, 0.1) is 35.9 Å². The van der Waals surface area contributed by atoms with Gasteiger partial charge in [-0.15, -0.1) is 11.3 Å². The predicted molar refractivity (Wildman–Crippen MR) is 153 cm³/mol. The average Bonchev–Trinajstić information content (AvgIpc) is 3.58. The zero-order chi connectivity index (χ0) is 29.1. The van der Waals surface area contributed by atoms with Crippen LogP contribution in [0.25, 0.3) is 10.4 Å². The minimum atomic E-state index is -0.824. The van der Waals surface area contributed by atoms with Crippen molar-refractivity contribution in [1.82, 2.24) is 20.5 Å². The van der Waals surface area contributed by atoms with Crippen molar-refractivity contribution in [3.8, 4) is 10.4 Å². The fourth-order valence-electron chi connectivity index (χ4n) is 4.47. The van der Waals surface area contributed by atoms with Crippen LogP contribution in [0.4, 0.5) is 0 Å². The van der Waals surface area contributed by atoms with Gasteiger partial charge in [-0.25, -0.2) is 4.98 Å². The molecule has 1 fully saturated rings. The summed E-state index contributed by atoms with van der Waals surface area (Å²) in [6, 6.07) is 6.58. The first-order valence-electron chi connectivity index (χ1n) is 13.4. The Morgan fingerprint density at radius 2 is 1.88 bits per heavy atom. The van der Waals surface area contributed by atoms with E-state index in [0.717, 1.165) is 21.7 Å². The van der Waals surface area contributed by atoms with E-state index in [-0.39, 0.29) is 44.8 Å². The van der Waals surface area contributed by atoms with Gasteiger partial charge in [-0.05, 0) is 36.3 Å². The molecule has 0 saturated carbocycles. The lowest BCUT2D eigenvalue weighted by atomic mass is 9.85. The molecule has 1 saturated heterocycles. The third-order valence-corrected chi connectivity index (χ3v) is 7.59. The zero-order valence-corrected chi connectivity index (χ0v) is 24.4. The fourth-order valence-corrected chi connectivity index (χ4v) is 5.28. The van der Waals surface area contributed by atoms with Crippen molar-refractivity contribution in [2.75, 3.05) is 39.5 Å². The Bertz CT molecular complexity index is 1150. The van der Waals surface area contributed by atoms with Crippen LogP contribution in [0.1, 0.15) is 44.9 Å². The third-order valence-electron chi connectivity index (χ3n) is 6.62. The maximum absolute atomic E-state index is 13.6. The minimum absolute atomic E-state index is 0.0618. The number of rotatable bonds is 14. The van der Waals surface area contributed by atoms with Crippen molar-refractivity contribution in [2.45, 2.75) is 59.2 Å². The largest absolute Gasteiger partial charge is 0.377 e. The van der Waals surface area contributed by atoms with E-state index in [1.54, 1.807) is 16.2 Å². The molecule has 3 rings (SSSR count). The number of nitrogens with zero attached hydrogens (tertiary/aromatic N) is 3. The van der Waals surface area contributed by atoms with Gasteiger partial charge < -0.3 is 25.0 Å². The van der Waals surface area contributed by atoms with E-state index in [9.17, 15) is 19.3 Å². The second-order valence-corrected chi connectivity index (χ2v) is 11.6. The molecule has 3 amide bonds. The number of carbonyl (C=O) groups is 3. The molecule has 1 aliphatic rings. The van der Waals surface area contributed by atoms with Crippen LogP contribution in [-0.2, 0) is 30.4 Å². The highest BCUT2D eigenvalue weighted by atomic mass is 32.1. The molecule has 0 aliphatic carbocycles. The Hall–Kier alpha value is -3.22. The number of benzene rings is 1. The van der Waals surface area contributed by atoms with Crippen molar-refractivity contribution in [3.05, 3.63) is 45.9 Å². The number of hydrogen-bond acceptors (Lipinski definition) is 9. The molecule has 0 bridgehead atoms. The molecule has 2 unspecified atom stereocenters. The second-order valence-electron chi connectivity index (χ2n) is 10.8. The number of ether oxygens (including phenoxy) is 2. The smallest absolute Gasteiger partial charge is 0.246 e. The maximum atomic E-state index is 13.6. The number of thiazole rings is 1. The van der Waals surface area contributed by atoms with E-state index in [2.05, 4.69) is 20.8 Å². The molecular formula is C28H39N5O6S. The molecule has 1 aromatic carbocycles. The molecule has 12 heteroatoms. The van der Waals surface area contributed by atoms with Crippen molar-refractivity contribution < 1.29 is 23.9 Å². The number of nitroso groups, excluding NO2 is 1. The fraction of sp³-hybridized carbons (Fsp3) is 0.571. The lowest BCUT2D eigenvalue weighted by Crippen LogP contribution is -2.58. The molecule has 2 N–H and O–H groups in total. The summed E-state index contributed by atoms with van der Waals surface area (Å²) in [4.78, 5) is 56.4. The molecule has 0 radical (unpaired) electrons.